The van der Waals surface area contributed by atoms with Crippen LogP contribution >= 0.6 is 11.6 Å². The van der Waals surface area contributed by atoms with Crippen LogP contribution in [-0.4, -0.2) is 29.2 Å². The van der Waals surface area contributed by atoms with E-state index in [9.17, 15) is 4.79 Å². The summed E-state index contributed by atoms with van der Waals surface area (Å²) in [5.41, 5.74) is 4.36. The van der Waals surface area contributed by atoms with E-state index < -0.39 is 0 Å². The van der Waals surface area contributed by atoms with Crippen LogP contribution < -0.4 is 5.32 Å². The van der Waals surface area contributed by atoms with Gasteiger partial charge in [-0.25, -0.2) is 4.79 Å². The number of carbonyl (C=O) groups is 1. The highest BCUT2D eigenvalue weighted by Gasteiger charge is 2.22. The van der Waals surface area contributed by atoms with E-state index in [0.29, 0.717) is 19.6 Å². The van der Waals surface area contributed by atoms with Gasteiger partial charge in [-0.15, -0.1) is 0 Å². The van der Waals surface area contributed by atoms with E-state index in [4.69, 9.17) is 16.1 Å². The number of nitrogens with one attached hydrogen (secondary N) is 1. The molecule has 1 aromatic heterocycles. The van der Waals surface area contributed by atoms with Gasteiger partial charge < -0.3 is 14.7 Å². The van der Waals surface area contributed by atoms with Crippen LogP contribution in [0.2, 0.25) is 5.02 Å². The number of urea groups is 1. The maximum atomic E-state index is 12.5. The average Bonchev–Trinajstić information content (AvgIpc) is 2.90. The summed E-state index contributed by atoms with van der Waals surface area (Å²) < 4.78 is 5.20. The molecule has 0 saturated heterocycles. The van der Waals surface area contributed by atoms with Crippen LogP contribution in [0.25, 0.3) is 0 Å². The first kappa shape index (κ1) is 16.8. The first-order valence-corrected chi connectivity index (χ1v) is 8.56. The number of hydrogen-bond acceptors (Lipinski definition) is 3. The van der Waals surface area contributed by atoms with E-state index in [2.05, 4.69) is 17.4 Å². The zero-order chi connectivity index (χ0) is 17.3. The molecule has 24 heavy (non-hydrogen) atoms. The van der Waals surface area contributed by atoms with Crippen molar-refractivity contribution < 1.29 is 9.32 Å². The zero-order valence-electron chi connectivity index (χ0n) is 14.2. The topological polar surface area (TPSA) is 58.4 Å². The van der Waals surface area contributed by atoms with Gasteiger partial charge >= 0.3 is 6.03 Å². The summed E-state index contributed by atoms with van der Waals surface area (Å²) in [6.07, 6.45) is 0.836. The van der Waals surface area contributed by atoms with Gasteiger partial charge in [0.25, 0.3) is 0 Å². The minimum Gasteiger partial charge on any atom is -0.361 e. The number of benzene rings is 1. The molecule has 2 aromatic rings. The Hall–Kier alpha value is -2.01. The first-order valence-electron chi connectivity index (χ1n) is 8.18. The fourth-order valence-corrected chi connectivity index (χ4v) is 3.54. The summed E-state index contributed by atoms with van der Waals surface area (Å²) >= 11 is 6.03. The second-order valence-corrected chi connectivity index (χ2v) is 6.85. The number of amides is 2. The van der Waals surface area contributed by atoms with Gasteiger partial charge in [-0.3, -0.25) is 0 Å². The second kappa shape index (κ2) is 6.85. The number of nitrogens with zero attached hydrogens (tertiary/aromatic N) is 2. The van der Waals surface area contributed by atoms with Crippen molar-refractivity contribution in [2.45, 2.75) is 39.7 Å². The summed E-state index contributed by atoms with van der Waals surface area (Å²) in [5.74, 6) is 0.981. The second-order valence-electron chi connectivity index (χ2n) is 6.41. The lowest BCUT2D eigenvalue weighted by Crippen LogP contribution is -2.43. The lowest BCUT2D eigenvalue weighted by atomic mass is 9.99. The smallest absolute Gasteiger partial charge is 0.317 e. The molecular weight excluding hydrogens is 326 g/mol. The highest BCUT2D eigenvalue weighted by molar-refractivity contribution is 6.30. The van der Waals surface area contributed by atoms with E-state index in [1.807, 2.05) is 36.9 Å². The predicted molar refractivity (Wildman–Crippen MR) is 93.4 cm³/mol. The van der Waals surface area contributed by atoms with Crippen molar-refractivity contribution in [3.63, 3.8) is 0 Å². The van der Waals surface area contributed by atoms with Gasteiger partial charge in [0, 0.05) is 36.1 Å². The number of fused-ring (bicyclic) bond motifs is 1. The molecule has 6 heteroatoms. The Kier molecular flexibility index (Phi) is 4.81. The molecule has 2 heterocycles. The number of aryl methyl sites for hydroxylation is 2. The molecule has 0 fully saturated rings. The summed E-state index contributed by atoms with van der Waals surface area (Å²) in [7, 11) is 0. The fraction of sp³-hybridized carbons (Fsp3) is 0.444. The number of halogens is 1. The van der Waals surface area contributed by atoms with E-state index in [0.717, 1.165) is 28.5 Å². The normalized spacial score (nSPS) is 15.1. The average molecular weight is 348 g/mol. The lowest BCUT2D eigenvalue weighted by molar-refractivity contribution is 0.192. The van der Waals surface area contributed by atoms with Gasteiger partial charge in [0.1, 0.15) is 5.76 Å². The number of hydrogen-bond donors (Lipinski definition) is 1. The van der Waals surface area contributed by atoms with Crippen molar-refractivity contribution in [1.82, 2.24) is 15.4 Å². The van der Waals surface area contributed by atoms with Crippen molar-refractivity contribution in [1.29, 1.82) is 0 Å². The molecular formula is C18H22ClN3O2. The Labute approximate surface area is 147 Å². The molecule has 128 valence electrons. The van der Waals surface area contributed by atoms with Crippen molar-refractivity contribution in [3.8, 4) is 0 Å². The van der Waals surface area contributed by atoms with Crippen LogP contribution in [-0.2, 0) is 13.0 Å². The first-order chi connectivity index (χ1) is 11.5. The molecule has 3 rings (SSSR count). The molecule has 1 atom stereocenters. The molecule has 0 spiro atoms. The largest absolute Gasteiger partial charge is 0.361 e. The molecule has 0 bridgehead atoms. The summed E-state index contributed by atoms with van der Waals surface area (Å²) in [4.78, 5) is 14.3. The minimum absolute atomic E-state index is 0.0331. The van der Waals surface area contributed by atoms with E-state index in [-0.39, 0.29) is 11.9 Å². The summed E-state index contributed by atoms with van der Waals surface area (Å²) in [5, 5.41) is 7.76. The lowest BCUT2D eigenvalue weighted by Gasteiger charge is -2.29. The van der Waals surface area contributed by atoms with Crippen LogP contribution in [0.5, 0.6) is 0 Å². The SMILES string of the molecule is Cc1noc(C)c1C(C)CNC(=O)N1CCc2cc(Cl)ccc2C1. The Morgan fingerprint density at radius 1 is 1.42 bits per heavy atom. The van der Waals surface area contributed by atoms with Gasteiger partial charge in [-0.05, 0) is 43.5 Å². The summed E-state index contributed by atoms with van der Waals surface area (Å²) in [6, 6.07) is 5.84. The molecule has 0 radical (unpaired) electrons. The Morgan fingerprint density at radius 2 is 2.21 bits per heavy atom. The van der Waals surface area contributed by atoms with E-state index in [1.54, 1.807) is 0 Å². The predicted octanol–water partition coefficient (Wildman–Crippen LogP) is 3.82. The molecule has 1 aromatic carbocycles. The standard InChI is InChI=1S/C18H22ClN3O2/c1-11(17-12(2)21-24-13(17)3)9-20-18(23)22-7-6-14-8-16(19)5-4-15(14)10-22/h4-5,8,11H,6-7,9-10H2,1-3H3,(H,20,23). The highest BCUT2D eigenvalue weighted by atomic mass is 35.5. The van der Waals surface area contributed by atoms with E-state index >= 15 is 0 Å². The highest BCUT2D eigenvalue weighted by Crippen LogP contribution is 2.24. The summed E-state index contributed by atoms with van der Waals surface area (Å²) in [6.45, 7) is 7.79. The molecule has 1 aliphatic rings. The van der Waals surface area contributed by atoms with Crippen molar-refractivity contribution in [3.05, 3.63) is 51.4 Å². The van der Waals surface area contributed by atoms with Gasteiger partial charge in [-0.1, -0.05) is 29.7 Å². The Balaban J connectivity index is 1.59. The van der Waals surface area contributed by atoms with Crippen LogP contribution in [0.1, 0.15) is 41.0 Å². The maximum absolute atomic E-state index is 12.5. The molecule has 1 N–H and O–H groups in total. The number of carbonyl (C=O) groups excluding carboxylic acids is 1. The van der Waals surface area contributed by atoms with E-state index in [1.165, 1.54) is 11.1 Å². The Morgan fingerprint density at radius 3 is 2.92 bits per heavy atom. The molecule has 0 aliphatic carbocycles. The quantitative estimate of drug-likeness (QED) is 0.918. The minimum atomic E-state index is -0.0331. The molecule has 1 unspecified atom stereocenters. The van der Waals surface area contributed by atoms with Crippen LogP contribution in [0.15, 0.2) is 22.7 Å². The van der Waals surface area contributed by atoms with Gasteiger partial charge in [-0.2, -0.15) is 0 Å². The van der Waals surface area contributed by atoms with Crippen LogP contribution in [0, 0.1) is 13.8 Å². The van der Waals surface area contributed by atoms with Gasteiger partial charge in [0.15, 0.2) is 0 Å². The third-order valence-corrected chi connectivity index (χ3v) is 4.84. The van der Waals surface area contributed by atoms with Crippen LogP contribution in [0.3, 0.4) is 0 Å². The number of aromatic nitrogens is 1. The van der Waals surface area contributed by atoms with Crippen LogP contribution in [0.4, 0.5) is 4.79 Å². The fourth-order valence-electron chi connectivity index (χ4n) is 3.34. The van der Waals surface area contributed by atoms with Crippen molar-refractivity contribution in [2.75, 3.05) is 13.1 Å². The Bertz CT molecular complexity index is 737. The molecule has 2 amide bonds. The molecule has 5 nitrogen and oxygen atoms in total. The zero-order valence-corrected chi connectivity index (χ0v) is 15.0. The van der Waals surface area contributed by atoms with Crippen molar-refractivity contribution in [2.24, 2.45) is 0 Å². The third kappa shape index (κ3) is 3.41. The van der Waals surface area contributed by atoms with Crippen molar-refractivity contribution >= 4 is 17.6 Å². The monoisotopic (exact) mass is 347 g/mol. The molecule has 0 saturated carbocycles. The third-order valence-electron chi connectivity index (χ3n) is 4.61. The molecule has 1 aliphatic heterocycles. The van der Waals surface area contributed by atoms with Gasteiger partial charge in [0.2, 0.25) is 0 Å². The maximum Gasteiger partial charge on any atom is 0.317 e. The number of rotatable bonds is 3. The van der Waals surface area contributed by atoms with Gasteiger partial charge in [0.05, 0.1) is 5.69 Å².